The highest BCUT2D eigenvalue weighted by Gasteiger charge is 2.51. The summed E-state index contributed by atoms with van der Waals surface area (Å²) in [6.45, 7) is 3.55. The van der Waals surface area contributed by atoms with Gasteiger partial charge in [0, 0.05) is 11.5 Å². The highest BCUT2D eigenvalue weighted by molar-refractivity contribution is 5.89. The quantitative estimate of drug-likeness (QED) is 0.187. The molecule has 1 saturated carbocycles. The third kappa shape index (κ3) is 5.93. The smallest absolute Gasteiger partial charge is 0.203 e. The summed E-state index contributed by atoms with van der Waals surface area (Å²) in [4.78, 5) is 0. The predicted octanol–water partition coefficient (Wildman–Crippen LogP) is 11.8. The second-order valence-corrected chi connectivity index (χ2v) is 10.9. The van der Waals surface area contributed by atoms with E-state index < -0.39 is 121 Å². The van der Waals surface area contributed by atoms with Crippen molar-refractivity contribution in [1.82, 2.24) is 0 Å². The molecule has 3 aromatic carbocycles. The first kappa shape index (κ1) is 36.8. The van der Waals surface area contributed by atoms with Gasteiger partial charge in [-0.2, -0.15) is 39.5 Å². The van der Waals surface area contributed by atoms with Crippen molar-refractivity contribution in [1.29, 1.82) is 0 Å². The lowest BCUT2D eigenvalue weighted by atomic mass is 9.90. The molecule has 0 bridgehead atoms. The van der Waals surface area contributed by atoms with Crippen LogP contribution in [0, 0.1) is 59.4 Å². The van der Waals surface area contributed by atoms with E-state index in [-0.39, 0.29) is 16.7 Å². The topological polar surface area (TPSA) is 0 Å². The molecule has 48 heavy (non-hydrogen) atoms. The number of aryl methyl sites for hydroxylation is 1. The van der Waals surface area contributed by atoms with Crippen LogP contribution in [0.25, 0.3) is 11.1 Å². The van der Waals surface area contributed by atoms with Crippen molar-refractivity contribution in [2.45, 2.75) is 52.1 Å². The normalized spacial score (nSPS) is 18.3. The first-order valence-electron chi connectivity index (χ1n) is 13.2. The molecule has 0 radical (unpaired) electrons. The molecule has 0 amide bonds. The van der Waals surface area contributed by atoms with Gasteiger partial charge >= 0.3 is 18.5 Å². The Kier molecular flexibility index (Phi) is 9.06. The monoisotopic (exact) mass is 712 g/mol. The lowest BCUT2D eigenvalue weighted by Gasteiger charge is -2.18. The summed E-state index contributed by atoms with van der Waals surface area (Å²) in [5, 5.41) is 0. The fourth-order valence-corrected chi connectivity index (χ4v) is 5.73. The van der Waals surface area contributed by atoms with E-state index in [0.717, 1.165) is 32.9 Å². The highest BCUT2D eigenvalue weighted by Crippen LogP contribution is 2.60. The third-order valence-corrected chi connectivity index (χ3v) is 8.07. The van der Waals surface area contributed by atoms with E-state index in [2.05, 4.69) is 0 Å². The van der Waals surface area contributed by atoms with Crippen molar-refractivity contribution < 1.29 is 74.6 Å². The SMILES string of the molecule is CC(=C1/C(=C(\C)c2c(F)c(F)c(C(F)(F)F)c(F)c2F)C1C(C)c1c(F)c(F)c(C(F)(F)F)c(F)c1F)c1ccc(C)c(C(F)(F)F)c1. The third-order valence-electron chi connectivity index (χ3n) is 8.07. The molecule has 1 aliphatic carbocycles. The number of alkyl halides is 9. The fraction of sp³-hybridized carbons (Fsp3) is 0.290. The maximum Gasteiger partial charge on any atom is 0.422 e. The molecule has 0 aliphatic heterocycles. The Hall–Kier alpha value is -4.05. The summed E-state index contributed by atoms with van der Waals surface area (Å²) >= 11 is 0. The van der Waals surface area contributed by atoms with Crippen LogP contribution in [0.1, 0.15) is 65.6 Å². The zero-order valence-electron chi connectivity index (χ0n) is 24.3. The maximum absolute atomic E-state index is 15.0. The van der Waals surface area contributed by atoms with Gasteiger partial charge in [-0.3, -0.25) is 0 Å². The van der Waals surface area contributed by atoms with Crippen molar-refractivity contribution in [2.75, 3.05) is 0 Å². The predicted molar refractivity (Wildman–Crippen MR) is 136 cm³/mol. The van der Waals surface area contributed by atoms with Gasteiger partial charge in [-0.05, 0) is 66.2 Å². The molecule has 2 unspecified atom stereocenters. The van der Waals surface area contributed by atoms with Crippen LogP contribution in [-0.2, 0) is 18.5 Å². The van der Waals surface area contributed by atoms with Gasteiger partial charge in [-0.15, -0.1) is 0 Å². The molecule has 0 saturated heterocycles. The highest BCUT2D eigenvalue weighted by atomic mass is 19.4. The van der Waals surface area contributed by atoms with Crippen LogP contribution in [0.5, 0.6) is 0 Å². The Morgan fingerprint density at radius 2 is 0.958 bits per heavy atom. The number of benzene rings is 3. The van der Waals surface area contributed by atoms with Gasteiger partial charge < -0.3 is 0 Å². The van der Waals surface area contributed by atoms with Crippen molar-refractivity contribution in [3.05, 3.63) is 115 Å². The zero-order valence-corrected chi connectivity index (χ0v) is 24.3. The maximum atomic E-state index is 15.0. The van der Waals surface area contributed by atoms with Gasteiger partial charge in [0.2, 0.25) is 0 Å². The van der Waals surface area contributed by atoms with Crippen LogP contribution in [0.3, 0.4) is 0 Å². The van der Waals surface area contributed by atoms with E-state index >= 15 is 17.6 Å². The largest absolute Gasteiger partial charge is 0.422 e. The minimum Gasteiger partial charge on any atom is -0.203 e. The molecule has 2 atom stereocenters. The lowest BCUT2D eigenvalue weighted by Crippen LogP contribution is -2.18. The number of rotatable bonds is 4. The average Bonchev–Trinajstić information content (AvgIpc) is 3.69. The zero-order chi connectivity index (χ0) is 36.7. The summed E-state index contributed by atoms with van der Waals surface area (Å²) in [7, 11) is 0. The van der Waals surface area contributed by atoms with Gasteiger partial charge in [0.1, 0.15) is 11.1 Å². The van der Waals surface area contributed by atoms with Crippen LogP contribution in [-0.4, -0.2) is 0 Å². The molecule has 0 spiro atoms. The number of hydrogen-bond donors (Lipinski definition) is 0. The van der Waals surface area contributed by atoms with E-state index in [0.29, 0.717) is 13.0 Å². The Balaban J connectivity index is 2.08. The van der Waals surface area contributed by atoms with Crippen LogP contribution in [0.2, 0.25) is 0 Å². The van der Waals surface area contributed by atoms with Crippen LogP contribution in [0.15, 0.2) is 29.3 Å². The molecular formula is C31H17F17. The van der Waals surface area contributed by atoms with Gasteiger partial charge in [0.05, 0.1) is 11.1 Å². The molecule has 260 valence electrons. The standard InChI is InChI=1S/C31H17F17/c1-8-5-6-12(7-13(8)29(40,41)42)9(2)14-15(10(3)17-21(32)25(36)19(30(43,44)45)26(37)22(17)33)16(14)11(4)18-23(34)27(38)20(31(46,47)48)28(39)24(18)35/h5-7,10,15H,1-4H3/b14-9?,16-11-. The molecule has 4 rings (SSSR count). The summed E-state index contributed by atoms with van der Waals surface area (Å²) in [5.41, 5.74) is -13.4. The number of hydrogen-bond acceptors (Lipinski definition) is 0. The van der Waals surface area contributed by atoms with Gasteiger partial charge in [-0.1, -0.05) is 19.1 Å². The minimum atomic E-state index is -5.94. The van der Waals surface area contributed by atoms with Crippen LogP contribution in [0.4, 0.5) is 74.6 Å². The van der Waals surface area contributed by atoms with E-state index in [4.69, 9.17) is 0 Å². The summed E-state index contributed by atoms with van der Waals surface area (Å²) in [6.07, 6.45) is -16.8. The van der Waals surface area contributed by atoms with E-state index in [1.54, 1.807) is 0 Å². The molecule has 0 N–H and O–H groups in total. The summed E-state index contributed by atoms with van der Waals surface area (Å²) in [6, 6.07) is 2.62. The van der Waals surface area contributed by atoms with Crippen LogP contribution >= 0.6 is 0 Å². The van der Waals surface area contributed by atoms with Gasteiger partial charge in [-0.25, -0.2) is 35.1 Å². The summed E-state index contributed by atoms with van der Waals surface area (Å²) in [5.74, 6) is -25.7. The number of halogens is 17. The average molecular weight is 712 g/mol. The molecular weight excluding hydrogens is 695 g/mol. The van der Waals surface area contributed by atoms with E-state index in [1.807, 2.05) is 0 Å². The number of allylic oxidation sites excluding steroid dienone is 4. The Labute approximate surface area is 259 Å². The molecule has 17 heteroatoms. The second kappa shape index (κ2) is 11.8. The Morgan fingerprint density at radius 1 is 0.562 bits per heavy atom. The molecule has 1 aliphatic rings. The van der Waals surface area contributed by atoms with E-state index in [9.17, 15) is 57.1 Å². The van der Waals surface area contributed by atoms with Crippen molar-refractivity contribution >= 4 is 11.1 Å². The molecule has 3 aromatic rings. The van der Waals surface area contributed by atoms with Crippen molar-refractivity contribution in [3.8, 4) is 0 Å². The molecule has 0 nitrogen and oxygen atoms in total. The Morgan fingerprint density at radius 3 is 1.35 bits per heavy atom. The first-order valence-corrected chi connectivity index (χ1v) is 13.2. The van der Waals surface area contributed by atoms with Gasteiger partial charge in [0.15, 0.2) is 46.5 Å². The van der Waals surface area contributed by atoms with Crippen molar-refractivity contribution in [2.24, 2.45) is 5.92 Å². The van der Waals surface area contributed by atoms with Gasteiger partial charge in [0.25, 0.3) is 0 Å². The molecule has 1 fully saturated rings. The minimum absolute atomic E-state index is 0.283. The fourth-order valence-electron chi connectivity index (χ4n) is 5.73. The molecule has 0 heterocycles. The van der Waals surface area contributed by atoms with Crippen LogP contribution < -0.4 is 0 Å². The first-order chi connectivity index (χ1) is 21.8. The van der Waals surface area contributed by atoms with E-state index in [1.165, 1.54) is 0 Å². The second-order valence-electron chi connectivity index (χ2n) is 10.9. The lowest BCUT2D eigenvalue weighted by molar-refractivity contribution is -0.144. The van der Waals surface area contributed by atoms with Crippen molar-refractivity contribution in [3.63, 3.8) is 0 Å². The molecule has 0 aromatic heterocycles. The summed E-state index contributed by atoms with van der Waals surface area (Å²) < 4.78 is 238. The Bertz CT molecular complexity index is 1840.